The van der Waals surface area contributed by atoms with Gasteiger partial charge in [-0.25, -0.2) is 0 Å². The topological polar surface area (TPSA) is 53.1 Å². The van der Waals surface area contributed by atoms with Crippen molar-refractivity contribution < 1.29 is 0 Å². The molecule has 0 spiro atoms. The van der Waals surface area contributed by atoms with Gasteiger partial charge in [0.05, 0.1) is 10.6 Å². The van der Waals surface area contributed by atoms with Crippen molar-refractivity contribution >= 4 is 34.9 Å². The van der Waals surface area contributed by atoms with E-state index in [0.29, 0.717) is 15.8 Å². The first-order valence-electron chi connectivity index (χ1n) is 5.59. The Bertz CT molecular complexity index is 436. The fourth-order valence-corrected chi connectivity index (χ4v) is 3.37. The molecule has 1 saturated heterocycles. The van der Waals surface area contributed by atoms with Gasteiger partial charge < -0.3 is 10.6 Å². The quantitative estimate of drug-likeness (QED) is 0.641. The first-order chi connectivity index (χ1) is 8.09. The van der Waals surface area contributed by atoms with Gasteiger partial charge in [0.1, 0.15) is 5.84 Å². The van der Waals surface area contributed by atoms with E-state index in [0.717, 1.165) is 24.5 Å². The standard InChI is InChI=1S/C12H16ClN3S/c1-8-7-16(5-6-17-8)10-4-2-3-9(13)11(10)12(14)15/h2-4,8H,5-7H2,1H3,(H3,14,15). The molecule has 1 unspecified atom stereocenters. The molecule has 92 valence electrons. The third-order valence-corrected chi connectivity index (χ3v) is 4.29. The molecule has 0 radical (unpaired) electrons. The first-order valence-corrected chi connectivity index (χ1v) is 7.01. The molecular formula is C12H16ClN3S. The zero-order valence-corrected chi connectivity index (χ0v) is 11.3. The minimum atomic E-state index is 0.0384. The van der Waals surface area contributed by atoms with Crippen LogP contribution in [0, 0.1) is 5.41 Å². The lowest BCUT2D eigenvalue weighted by Crippen LogP contribution is -2.37. The van der Waals surface area contributed by atoms with E-state index in [2.05, 4.69) is 11.8 Å². The molecule has 1 aliphatic heterocycles. The lowest BCUT2D eigenvalue weighted by Gasteiger charge is -2.33. The van der Waals surface area contributed by atoms with E-state index in [1.807, 2.05) is 23.9 Å². The highest BCUT2D eigenvalue weighted by Crippen LogP contribution is 2.30. The Hall–Kier alpha value is -0.870. The second-order valence-electron chi connectivity index (χ2n) is 4.18. The predicted molar refractivity (Wildman–Crippen MR) is 76.6 cm³/mol. The SMILES string of the molecule is CC1CN(c2cccc(Cl)c2C(=N)N)CCS1. The number of nitrogens with zero attached hydrogens (tertiary/aromatic N) is 1. The maximum Gasteiger partial charge on any atom is 0.126 e. The Morgan fingerprint density at radius 1 is 1.59 bits per heavy atom. The van der Waals surface area contributed by atoms with Gasteiger partial charge >= 0.3 is 0 Å². The average molecular weight is 270 g/mol. The van der Waals surface area contributed by atoms with Crippen molar-refractivity contribution in [1.82, 2.24) is 0 Å². The van der Waals surface area contributed by atoms with Crippen molar-refractivity contribution in [1.29, 1.82) is 5.41 Å². The summed E-state index contributed by atoms with van der Waals surface area (Å²) in [6.07, 6.45) is 0. The van der Waals surface area contributed by atoms with Crippen LogP contribution in [0.25, 0.3) is 0 Å². The summed E-state index contributed by atoms with van der Waals surface area (Å²) in [5.74, 6) is 1.14. The Labute approximate surface area is 111 Å². The summed E-state index contributed by atoms with van der Waals surface area (Å²) >= 11 is 8.10. The fraction of sp³-hybridized carbons (Fsp3) is 0.417. The third-order valence-electron chi connectivity index (χ3n) is 2.84. The zero-order valence-electron chi connectivity index (χ0n) is 9.74. The summed E-state index contributed by atoms with van der Waals surface area (Å²) in [6, 6.07) is 5.69. The van der Waals surface area contributed by atoms with E-state index in [4.69, 9.17) is 22.7 Å². The Morgan fingerprint density at radius 2 is 2.35 bits per heavy atom. The molecule has 17 heavy (non-hydrogen) atoms. The number of anilines is 1. The summed E-state index contributed by atoms with van der Waals surface area (Å²) in [5.41, 5.74) is 7.27. The molecule has 0 bridgehead atoms. The predicted octanol–water partition coefficient (Wildman–Crippen LogP) is 2.57. The van der Waals surface area contributed by atoms with Crippen molar-refractivity contribution in [3.8, 4) is 0 Å². The molecule has 3 nitrogen and oxygen atoms in total. The minimum absolute atomic E-state index is 0.0384. The number of rotatable bonds is 2. The van der Waals surface area contributed by atoms with E-state index in [-0.39, 0.29) is 5.84 Å². The highest BCUT2D eigenvalue weighted by atomic mass is 35.5. The average Bonchev–Trinajstić information content (AvgIpc) is 2.28. The largest absolute Gasteiger partial charge is 0.384 e. The molecule has 0 saturated carbocycles. The number of benzene rings is 1. The molecule has 5 heteroatoms. The summed E-state index contributed by atoms with van der Waals surface area (Å²) in [5, 5.41) is 8.80. The highest BCUT2D eigenvalue weighted by molar-refractivity contribution is 8.00. The van der Waals surface area contributed by atoms with E-state index in [1.54, 1.807) is 6.07 Å². The molecule has 0 aliphatic carbocycles. The molecule has 1 aromatic carbocycles. The van der Waals surface area contributed by atoms with Crippen LogP contribution in [-0.4, -0.2) is 29.9 Å². The number of nitrogen functional groups attached to an aromatic ring is 1. The molecule has 1 aromatic rings. The number of hydrogen-bond acceptors (Lipinski definition) is 3. The van der Waals surface area contributed by atoms with Gasteiger partial charge in [0, 0.05) is 29.8 Å². The van der Waals surface area contributed by atoms with Crippen LogP contribution in [0.1, 0.15) is 12.5 Å². The van der Waals surface area contributed by atoms with Crippen LogP contribution in [0.2, 0.25) is 5.02 Å². The van der Waals surface area contributed by atoms with Gasteiger partial charge in [-0.2, -0.15) is 11.8 Å². The zero-order chi connectivity index (χ0) is 12.4. The maximum absolute atomic E-state index is 7.65. The number of halogens is 1. The van der Waals surface area contributed by atoms with Gasteiger partial charge in [-0.15, -0.1) is 0 Å². The van der Waals surface area contributed by atoms with E-state index >= 15 is 0 Å². The second kappa shape index (κ2) is 5.19. The van der Waals surface area contributed by atoms with Gasteiger partial charge in [-0.05, 0) is 12.1 Å². The van der Waals surface area contributed by atoms with Crippen LogP contribution in [-0.2, 0) is 0 Å². The van der Waals surface area contributed by atoms with Gasteiger partial charge in [0.2, 0.25) is 0 Å². The summed E-state index contributed by atoms with van der Waals surface area (Å²) in [7, 11) is 0. The van der Waals surface area contributed by atoms with Gasteiger partial charge in [0.15, 0.2) is 0 Å². The maximum atomic E-state index is 7.65. The summed E-state index contributed by atoms with van der Waals surface area (Å²) in [4.78, 5) is 2.27. The van der Waals surface area contributed by atoms with Crippen molar-refractivity contribution in [2.24, 2.45) is 5.73 Å². The molecule has 1 heterocycles. The van der Waals surface area contributed by atoms with E-state index in [1.165, 1.54) is 0 Å². The molecule has 3 N–H and O–H groups in total. The van der Waals surface area contributed by atoms with Crippen LogP contribution < -0.4 is 10.6 Å². The fourth-order valence-electron chi connectivity index (χ4n) is 2.08. The lowest BCUT2D eigenvalue weighted by atomic mass is 10.1. The molecule has 0 aromatic heterocycles. The van der Waals surface area contributed by atoms with E-state index < -0.39 is 0 Å². The molecule has 1 fully saturated rings. The Balaban J connectivity index is 2.37. The highest BCUT2D eigenvalue weighted by Gasteiger charge is 2.21. The Kier molecular flexibility index (Phi) is 3.84. The smallest absolute Gasteiger partial charge is 0.126 e. The molecule has 2 rings (SSSR count). The number of thioether (sulfide) groups is 1. The molecule has 1 aliphatic rings. The Morgan fingerprint density at radius 3 is 3.00 bits per heavy atom. The summed E-state index contributed by atoms with van der Waals surface area (Å²) < 4.78 is 0. The number of nitrogens with one attached hydrogen (secondary N) is 1. The van der Waals surface area contributed by atoms with Crippen LogP contribution in [0.5, 0.6) is 0 Å². The third kappa shape index (κ3) is 2.69. The number of nitrogens with two attached hydrogens (primary N) is 1. The van der Waals surface area contributed by atoms with Crippen LogP contribution in [0.15, 0.2) is 18.2 Å². The van der Waals surface area contributed by atoms with Crippen molar-refractivity contribution in [3.05, 3.63) is 28.8 Å². The number of hydrogen-bond donors (Lipinski definition) is 2. The van der Waals surface area contributed by atoms with Gasteiger partial charge in [0.25, 0.3) is 0 Å². The molecule has 1 atom stereocenters. The van der Waals surface area contributed by atoms with Crippen LogP contribution in [0.4, 0.5) is 5.69 Å². The van der Waals surface area contributed by atoms with Crippen molar-refractivity contribution in [2.45, 2.75) is 12.2 Å². The monoisotopic (exact) mass is 269 g/mol. The van der Waals surface area contributed by atoms with Crippen LogP contribution >= 0.6 is 23.4 Å². The second-order valence-corrected chi connectivity index (χ2v) is 6.13. The van der Waals surface area contributed by atoms with Gasteiger partial charge in [-0.3, -0.25) is 5.41 Å². The minimum Gasteiger partial charge on any atom is -0.384 e. The molecular weight excluding hydrogens is 254 g/mol. The molecule has 0 amide bonds. The lowest BCUT2D eigenvalue weighted by molar-refractivity contribution is 0.782. The summed E-state index contributed by atoms with van der Waals surface area (Å²) in [6.45, 7) is 4.18. The van der Waals surface area contributed by atoms with Crippen LogP contribution in [0.3, 0.4) is 0 Å². The number of amidine groups is 1. The normalized spacial score (nSPS) is 20.4. The van der Waals surface area contributed by atoms with Crippen molar-refractivity contribution in [3.63, 3.8) is 0 Å². The van der Waals surface area contributed by atoms with Gasteiger partial charge in [-0.1, -0.05) is 24.6 Å². The van der Waals surface area contributed by atoms with Crippen molar-refractivity contribution in [2.75, 3.05) is 23.7 Å². The first kappa shape index (κ1) is 12.6. The van der Waals surface area contributed by atoms with E-state index in [9.17, 15) is 0 Å².